The number of hydrogen-bond acceptors (Lipinski definition) is 3. The van der Waals surface area contributed by atoms with Crippen molar-refractivity contribution in [1.29, 1.82) is 10.5 Å². The quantitative estimate of drug-likeness (QED) is 0.636. The Bertz CT molecular complexity index is 533. The number of benzene rings is 1. The molecule has 0 bridgehead atoms. The van der Waals surface area contributed by atoms with Crippen LogP contribution in [0.4, 0.5) is 0 Å². The molecule has 1 N–H and O–H groups in total. The van der Waals surface area contributed by atoms with E-state index in [4.69, 9.17) is 5.26 Å². The third kappa shape index (κ3) is 2.14. The van der Waals surface area contributed by atoms with Gasteiger partial charge in [-0.05, 0) is 37.0 Å². The minimum Gasteiger partial charge on any atom is -0.371 e. The van der Waals surface area contributed by atoms with Crippen molar-refractivity contribution in [1.82, 2.24) is 0 Å². The van der Waals surface area contributed by atoms with Crippen molar-refractivity contribution in [2.45, 2.75) is 24.9 Å². The van der Waals surface area contributed by atoms with E-state index >= 15 is 0 Å². The fraction of sp³-hybridized carbons (Fsp3) is 0.333. The highest BCUT2D eigenvalue weighted by atomic mass is 16.3. The maximum absolute atomic E-state index is 10.6. The molecule has 0 fully saturated rings. The van der Waals surface area contributed by atoms with Crippen molar-refractivity contribution >= 4 is 0 Å². The van der Waals surface area contributed by atoms with Gasteiger partial charge >= 0.3 is 0 Å². The second-order valence-electron chi connectivity index (χ2n) is 4.53. The van der Waals surface area contributed by atoms with Crippen LogP contribution >= 0.6 is 0 Å². The monoisotopic (exact) mass is 238 g/mol. The highest BCUT2D eigenvalue weighted by molar-refractivity contribution is 5.38. The van der Waals surface area contributed by atoms with Crippen LogP contribution in [0, 0.1) is 28.6 Å². The van der Waals surface area contributed by atoms with E-state index in [9.17, 15) is 10.4 Å². The minimum atomic E-state index is -1.50. The summed E-state index contributed by atoms with van der Waals surface area (Å²) in [6.07, 6.45) is 6.73. The molecule has 2 rings (SSSR count). The molecule has 1 aliphatic rings. The van der Waals surface area contributed by atoms with Gasteiger partial charge in [0.25, 0.3) is 0 Å². The van der Waals surface area contributed by atoms with Crippen molar-refractivity contribution in [3.8, 4) is 12.1 Å². The van der Waals surface area contributed by atoms with Gasteiger partial charge in [-0.15, -0.1) is 0 Å². The van der Waals surface area contributed by atoms with Gasteiger partial charge in [0, 0.05) is 5.92 Å². The lowest BCUT2D eigenvalue weighted by Gasteiger charge is -2.30. The lowest BCUT2D eigenvalue weighted by atomic mass is 9.77. The fourth-order valence-electron chi connectivity index (χ4n) is 2.32. The average molecular weight is 238 g/mol. The van der Waals surface area contributed by atoms with Gasteiger partial charge in [0.05, 0.1) is 11.6 Å². The second kappa shape index (κ2) is 5.04. The molecular weight excluding hydrogens is 224 g/mol. The molecule has 0 aliphatic heterocycles. The molecule has 90 valence electrons. The predicted molar refractivity (Wildman–Crippen MR) is 67.1 cm³/mol. The zero-order chi connectivity index (χ0) is 13.0. The van der Waals surface area contributed by atoms with Gasteiger partial charge in [-0.3, -0.25) is 0 Å². The van der Waals surface area contributed by atoms with E-state index in [0.717, 1.165) is 19.3 Å². The first kappa shape index (κ1) is 12.4. The molecule has 0 spiro atoms. The Morgan fingerprint density at radius 3 is 2.44 bits per heavy atom. The molecular formula is C15H14N2O. The molecule has 3 heteroatoms. The first-order chi connectivity index (χ1) is 8.70. The van der Waals surface area contributed by atoms with Crippen LogP contribution in [-0.2, 0) is 5.60 Å². The molecule has 1 aromatic carbocycles. The number of hydrogen-bond donors (Lipinski definition) is 1. The predicted octanol–water partition coefficient (Wildman–Crippen LogP) is 2.63. The summed E-state index contributed by atoms with van der Waals surface area (Å²) in [5, 5.41) is 28.7. The topological polar surface area (TPSA) is 67.8 Å². The Balaban J connectivity index is 2.37. The van der Waals surface area contributed by atoms with Crippen molar-refractivity contribution in [3.63, 3.8) is 0 Å². The Labute approximate surface area is 107 Å². The highest BCUT2D eigenvalue weighted by Crippen LogP contribution is 2.35. The lowest BCUT2D eigenvalue weighted by Crippen LogP contribution is -2.33. The Kier molecular flexibility index (Phi) is 3.46. The molecule has 0 unspecified atom stereocenters. The standard InChI is InChI=1S/C15H14N2O/c16-10-12-6-8-14(9-7-12)15(18,11-17)13-4-2-1-3-5-13/h2,4,6-9,13,18H,1,3,5H2/t13-,15-/m0/s1. The van der Waals surface area contributed by atoms with Crippen molar-refractivity contribution in [2.24, 2.45) is 5.92 Å². The molecule has 0 heterocycles. The summed E-state index contributed by atoms with van der Waals surface area (Å²) in [6.45, 7) is 0. The van der Waals surface area contributed by atoms with E-state index in [1.807, 2.05) is 24.3 Å². The van der Waals surface area contributed by atoms with Crippen molar-refractivity contribution in [2.75, 3.05) is 0 Å². The first-order valence-electron chi connectivity index (χ1n) is 6.01. The number of rotatable bonds is 2. The second-order valence-corrected chi connectivity index (χ2v) is 4.53. The summed E-state index contributed by atoms with van der Waals surface area (Å²) in [5.41, 5.74) is -0.413. The molecule has 18 heavy (non-hydrogen) atoms. The lowest BCUT2D eigenvalue weighted by molar-refractivity contribution is 0.0464. The Morgan fingerprint density at radius 2 is 1.94 bits per heavy atom. The van der Waals surface area contributed by atoms with Crippen LogP contribution in [0.3, 0.4) is 0 Å². The summed E-state index contributed by atoms with van der Waals surface area (Å²) < 4.78 is 0. The van der Waals surface area contributed by atoms with Gasteiger partial charge in [-0.25, -0.2) is 0 Å². The maximum Gasteiger partial charge on any atom is 0.183 e. The van der Waals surface area contributed by atoms with Gasteiger partial charge in [0.15, 0.2) is 5.60 Å². The third-order valence-electron chi connectivity index (χ3n) is 3.42. The van der Waals surface area contributed by atoms with Crippen LogP contribution in [0.5, 0.6) is 0 Å². The van der Waals surface area contributed by atoms with Crippen LogP contribution < -0.4 is 0 Å². The molecule has 1 aromatic rings. The van der Waals surface area contributed by atoms with Gasteiger partial charge in [0.2, 0.25) is 0 Å². The van der Waals surface area contributed by atoms with Crippen LogP contribution in [0.25, 0.3) is 0 Å². The average Bonchev–Trinajstić information content (AvgIpc) is 2.47. The van der Waals surface area contributed by atoms with Gasteiger partial charge < -0.3 is 5.11 Å². The highest BCUT2D eigenvalue weighted by Gasteiger charge is 2.37. The number of aliphatic hydroxyl groups is 1. The number of nitriles is 2. The van der Waals surface area contributed by atoms with E-state index in [2.05, 4.69) is 0 Å². The summed E-state index contributed by atoms with van der Waals surface area (Å²) in [5.74, 6) is -0.177. The summed E-state index contributed by atoms with van der Waals surface area (Å²) in [7, 11) is 0. The Morgan fingerprint density at radius 1 is 1.22 bits per heavy atom. The Hall–Kier alpha value is -2.10. The van der Waals surface area contributed by atoms with Crippen molar-refractivity contribution in [3.05, 3.63) is 47.5 Å². The number of allylic oxidation sites excluding steroid dienone is 1. The molecule has 3 nitrogen and oxygen atoms in total. The van der Waals surface area contributed by atoms with Crippen LogP contribution in [0.1, 0.15) is 30.4 Å². The van der Waals surface area contributed by atoms with E-state index < -0.39 is 5.60 Å². The molecule has 0 radical (unpaired) electrons. The molecule has 0 aromatic heterocycles. The third-order valence-corrected chi connectivity index (χ3v) is 3.42. The first-order valence-corrected chi connectivity index (χ1v) is 6.01. The summed E-state index contributed by atoms with van der Waals surface area (Å²) >= 11 is 0. The van der Waals surface area contributed by atoms with Gasteiger partial charge in [-0.2, -0.15) is 10.5 Å². The van der Waals surface area contributed by atoms with Gasteiger partial charge in [0.1, 0.15) is 6.07 Å². The summed E-state index contributed by atoms with van der Waals surface area (Å²) in [4.78, 5) is 0. The minimum absolute atomic E-state index is 0.177. The molecule has 0 saturated carbocycles. The van der Waals surface area contributed by atoms with Crippen molar-refractivity contribution < 1.29 is 5.11 Å². The van der Waals surface area contributed by atoms with Crippen LogP contribution in [-0.4, -0.2) is 5.11 Å². The van der Waals surface area contributed by atoms with Crippen LogP contribution in [0.15, 0.2) is 36.4 Å². The molecule has 0 saturated heterocycles. The molecule has 2 atom stereocenters. The number of nitrogens with zero attached hydrogens (tertiary/aromatic N) is 2. The summed E-state index contributed by atoms with van der Waals surface area (Å²) in [6, 6.07) is 10.6. The maximum atomic E-state index is 10.6. The smallest absolute Gasteiger partial charge is 0.183 e. The SMILES string of the molecule is N#Cc1ccc([C@](O)(C#N)[C@H]2C=CCCC2)cc1. The van der Waals surface area contributed by atoms with Gasteiger partial charge in [-0.1, -0.05) is 24.3 Å². The molecule has 0 amide bonds. The zero-order valence-corrected chi connectivity index (χ0v) is 10.0. The normalized spacial score (nSPS) is 21.6. The van der Waals surface area contributed by atoms with E-state index in [1.165, 1.54) is 0 Å². The largest absolute Gasteiger partial charge is 0.371 e. The van der Waals surface area contributed by atoms with E-state index in [1.54, 1.807) is 24.3 Å². The van der Waals surface area contributed by atoms with E-state index in [-0.39, 0.29) is 5.92 Å². The molecule has 1 aliphatic carbocycles. The zero-order valence-electron chi connectivity index (χ0n) is 10.0. The van der Waals surface area contributed by atoms with Crippen LogP contribution in [0.2, 0.25) is 0 Å². The fourth-order valence-corrected chi connectivity index (χ4v) is 2.32. The van der Waals surface area contributed by atoms with E-state index in [0.29, 0.717) is 11.1 Å².